The molecule has 0 spiro atoms. The van der Waals surface area contributed by atoms with Gasteiger partial charge in [-0.3, -0.25) is 9.59 Å². The number of benzene rings is 2. The van der Waals surface area contributed by atoms with Crippen molar-refractivity contribution in [3.63, 3.8) is 0 Å². The van der Waals surface area contributed by atoms with Gasteiger partial charge in [-0.2, -0.15) is 5.26 Å². The Labute approximate surface area is 210 Å². The van der Waals surface area contributed by atoms with Gasteiger partial charge in [0.2, 0.25) is 11.8 Å². The first kappa shape index (κ1) is 26.3. The fraction of sp³-hybridized carbons (Fsp3) is 0.385. The van der Waals surface area contributed by atoms with Crippen LogP contribution in [0.1, 0.15) is 30.9 Å². The predicted molar refractivity (Wildman–Crippen MR) is 134 cm³/mol. The Morgan fingerprint density at radius 3 is 2.36 bits per heavy atom. The minimum atomic E-state index is -0.775. The number of ether oxygens (including phenoxy) is 2. The third kappa shape index (κ3) is 7.12. The van der Waals surface area contributed by atoms with Gasteiger partial charge in [-0.1, -0.05) is 6.07 Å². The van der Waals surface area contributed by atoms with E-state index in [2.05, 4.69) is 16.0 Å². The van der Waals surface area contributed by atoms with Crippen molar-refractivity contribution in [3.05, 3.63) is 53.6 Å². The normalized spacial score (nSPS) is 14.2. The molecule has 10 heteroatoms. The van der Waals surface area contributed by atoms with Crippen molar-refractivity contribution in [1.29, 1.82) is 5.26 Å². The first-order valence-electron chi connectivity index (χ1n) is 11.7. The number of anilines is 1. The molecule has 1 saturated heterocycles. The van der Waals surface area contributed by atoms with Crippen LogP contribution in [0.3, 0.4) is 0 Å². The van der Waals surface area contributed by atoms with E-state index in [1.807, 2.05) is 12.1 Å². The molecule has 190 valence electrons. The number of urea groups is 1. The van der Waals surface area contributed by atoms with E-state index >= 15 is 0 Å². The Balaban J connectivity index is 1.56. The van der Waals surface area contributed by atoms with Crippen LogP contribution in [0.5, 0.6) is 11.5 Å². The standard InChI is InChI=1S/C26H31N5O5/c1-17(32)28-23(14-19-6-9-22(35-2)15-24(19)36-3)25(33)29-21-10-12-31(13-11-21)26(34)30-20-7-4-18(16-27)5-8-20/h4-9,15,21,23H,10-14H2,1-3H3,(H,28,32)(H,29,33)(H,30,34)/t23-/m0/s1. The second-order valence-electron chi connectivity index (χ2n) is 8.52. The SMILES string of the molecule is COc1ccc(C[C@H](NC(C)=O)C(=O)NC2CCN(C(=O)Nc3ccc(C#N)cc3)CC2)c(OC)c1. The molecule has 2 aromatic carbocycles. The monoisotopic (exact) mass is 493 g/mol. The van der Waals surface area contributed by atoms with E-state index in [1.54, 1.807) is 48.4 Å². The number of amides is 4. The van der Waals surface area contributed by atoms with Crippen LogP contribution in [0, 0.1) is 11.3 Å². The van der Waals surface area contributed by atoms with Crippen LogP contribution in [0.2, 0.25) is 0 Å². The lowest BCUT2D eigenvalue weighted by molar-refractivity contribution is -0.128. The Morgan fingerprint density at radius 2 is 1.78 bits per heavy atom. The van der Waals surface area contributed by atoms with Crippen LogP contribution in [0.4, 0.5) is 10.5 Å². The smallest absolute Gasteiger partial charge is 0.321 e. The number of nitrogens with zero attached hydrogens (tertiary/aromatic N) is 2. The average molecular weight is 494 g/mol. The molecule has 0 radical (unpaired) electrons. The van der Waals surface area contributed by atoms with E-state index in [1.165, 1.54) is 14.0 Å². The molecule has 1 atom stereocenters. The minimum Gasteiger partial charge on any atom is -0.497 e. The number of hydrogen-bond acceptors (Lipinski definition) is 6. The highest BCUT2D eigenvalue weighted by molar-refractivity contribution is 5.89. The lowest BCUT2D eigenvalue weighted by atomic mass is 10.0. The topological polar surface area (TPSA) is 133 Å². The van der Waals surface area contributed by atoms with Gasteiger partial charge >= 0.3 is 6.03 Å². The third-order valence-electron chi connectivity index (χ3n) is 6.01. The van der Waals surface area contributed by atoms with Crippen LogP contribution in [0.15, 0.2) is 42.5 Å². The number of carbonyl (C=O) groups excluding carboxylic acids is 3. The van der Waals surface area contributed by atoms with Gasteiger partial charge in [0, 0.05) is 44.2 Å². The fourth-order valence-electron chi connectivity index (χ4n) is 4.05. The second-order valence-corrected chi connectivity index (χ2v) is 8.52. The molecular weight excluding hydrogens is 462 g/mol. The number of hydrogen-bond donors (Lipinski definition) is 3. The summed E-state index contributed by atoms with van der Waals surface area (Å²) in [5.41, 5.74) is 1.90. The lowest BCUT2D eigenvalue weighted by Gasteiger charge is -2.33. The summed E-state index contributed by atoms with van der Waals surface area (Å²) >= 11 is 0. The summed E-state index contributed by atoms with van der Waals surface area (Å²) < 4.78 is 10.7. The first-order valence-corrected chi connectivity index (χ1v) is 11.7. The summed E-state index contributed by atoms with van der Waals surface area (Å²) in [6.07, 6.45) is 1.43. The number of methoxy groups -OCH3 is 2. The van der Waals surface area contributed by atoms with Gasteiger partial charge in [0.05, 0.1) is 25.9 Å². The van der Waals surface area contributed by atoms with Gasteiger partial charge < -0.3 is 30.3 Å². The van der Waals surface area contributed by atoms with Crippen molar-refractivity contribution in [2.24, 2.45) is 0 Å². The predicted octanol–water partition coefficient (Wildman–Crippen LogP) is 2.44. The van der Waals surface area contributed by atoms with E-state index in [-0.39, 0.29) is 30.3 Å². The molecule has 2 aromatic rings. The van der Waals surface area contributed by atoms with E-state index in [0.29, 0.717) is 48.7 Å². The van der Waals surface area contributed by atoms with Crippen LogP contribution in [0.25, 0.3) is 0 Å². The summed E-state index contributed by atoms with van der Waals surface area (Å²) in [5.74, 6) is 0.602. The van der Waals surface area contributed by atoms with Crippen molar-refractivity contribution in [2.75, 3.05) is 32.6 Å². The van der Waals surface area contributed by atoms with Crippen molar-refractivity contribution in [3.8, 4) is 17.6 Å². The summed E-state index contributed by atoms with van der Waals surface area (Å²) in [6.45, 7) is 2.32. The largest absolute Gasteiger partial charge is 0.497 e. The van der Waals surface area contributed by atoms with E-state index in [0.717, 1.165) is 5.56 Å². The van der Waals surface area contributed by atoms with Crippen molar-refractivity contribution >= 4 is 23.5 Å². The summed E-state index contributed by atoms with van der Waals surface area (Å²) in [6, 6.07) is 12.9. The third-order valence-corrected chi connectivity index (χ3v) is 6.01. The molecule has 1 fully saturated rings. The summed E-state index contributed by atoms with van der Waals surface area (Å²) in [4.78, 5) is 39.1. The second kappa shape index (κ2) is 12.4. The summed E-state index contributed by atoms with van der Waals surface area (Å²) in [7, 11) is 3.10. The van der Waals surface area contributed by atoms with Crippen molar-refractivity contribution < 1.29 is 23.9 Å². The van der Waals surface area contributed by atoms with Gasteiger partial charge in [-0.25, -0.2) is 4.79 Å². The van der Waals surface area contributed by atoms with E-state index in [4.69, 9.17) is 14.7 Å². The van der Waals surface area contributed by atoms with Gasteiger partial charge in [0.1, 0.15) is 17.5 Å². The Hall–Kier alpha value is -4.26. The molecule has 0 bridgehead atoms. The molecule has 4 amide bonds. The van der Waals surface area contributed by atoms with Crippen molar-refractivity contribution in [2.45, 2.75) is 38.3 Å². The Bertz CT molecular complexity index is 1120. The number of carbonyl (C=O) groups is 3. The van der Waals surface area contributed by atoms with Gasteiger partial charge in [0.25, 0.3) is 0 Å². The zero-order chi connectivity index (χ0) is 26.1. The van der Waals surface area contributed by atoms with Crippen LogP contribution in [-0.4, -0.2) is 62.1 Å². The highest BCUT2D eigenvalue weighted by atomic mass is 16.5. The van der Waals surface area contributed by atoms with Crippen LogP contribution < -0.4 is 25.4 Å². The molecule has 0 aromatic heterocycles. The molecule has 0 saturated carbocycles. The number of nitriles is 1. The molecule has 10 nitrogen and oxygen atoms in total. The van der Waals surface area contributed by atoms with Gasteiger partial charge in [0.15, 0.2) is 0 Å². The lowest BCUT2D eigenvalue weighted by Crippen LogP contribution is -2.53. The molecule has 0 aliphatic carbocycles. The molecule has 0 unspecified atom stereocenters. The zero-order valence-electron chi connectivity index (χ0n) is 20.7. The van der Waals surface area contributed by atoms with Crippen molar-refractivity contribution in [1.82, 2.24) is 15.5 Å². The number of rotatable bonds is 8. The Kier molecular flexibility index (Phi) is 9.11. The first-order chi connectivity index (χ1) is 17.3. The fourth-order valence-corrected chi connectivity index (χ4v) is 4.05. The zero-order valence-corrected chi connectivity index (χ0v) is 20.7. The quantitative estimate of drug-likeness (QED) is 0.517. The molecule has 3 rings (SSSR count). The molecule has 1 aliphatic heterocycles. The maximum Gasteiger partial charge on any atom is 0.321 e. The van der Waals surface area contributed by atoms with Gasteiger partial charge in [-0.15, -0.1) is 0 Å². The van der Waals surface area contributed by atoms with Crippen LogP contribution >= 0.6 is 0 Å². The summed E-state index contributed by atoms with van der Waals surface area (Å²) in [5, 5.41) is 17.5. The molecule has 36 heavy (non-hydrogen) atoms. The highest BCUT2D eigenvalue weighted by Crippen LogP contribution is 2.26. The Morgan fingerprint density at radius 1 is 1.08 bits per heavy atom. The molecule has 3 N–H and O–H groups in total. The number of likely N-dealkylation sites (tertiary alicyclic amines) is 1. The molecule has 1 aliphatic rings. The minimum absolute atomic E-state index is 0.120. The maximum atomic E-state index is 13.1. The molecular formula is C26H31N5O5. The number of piperidine rings is 1. The molecule has 1 heterocycles. The average Bonchev–Trinajstić information content (AvgIpc) is 2.89. The highest BCUT2D eigenvalue weighted by Gasteiger charge is 2.28. The maximum absolute atomic E-state index is 13.1. The number of nitrogens with one attached hydrogen (secondary N) is 3. The van der Waals surface area contributed by atoms with E-state index in [9.17, 15) is 14.4 Å². The van der Waals surface area contributed by atoms with E-state index < -0.39 is 6.04 Å². The van der Waals surface area contributed by atoms with Gasteiger partial charge in [-0.05, 0) is 48.7 Å². The van der Waals surface area contributed by atoms with Crippen LogP contribution in [-0.2, 0) is 16.0 Å².